The zero-order valence-electron chi connectivity index (χ0n) is 30.1. The summed E-state index contributed by atoms with van der Waals surface area (Å²) in [5, 5.41) is 82.7. The molecule has 298 valence electrons. The molecule has 11 N–H and O–H groups in total. The fraction of sp³-hybridized carbons (Fsp3) is 0.417. The minimum atomic E-state index is -2.42. The highest BCUT2D eigenvalue weighted by Gasteiger charge is 2.60. The molecule has 3 aromatic carbocycles. The summed E-state index contributed by atoms with van der Waals surface area (Å²) in [4.78, 5) is 29.5. The lowest BCUT2D eigenvalue weighted by molar-refractivity contribution is -0.357. The highest BCUT2D eigenvalue weighted by Crippen LogP contribution is 2.51. The minimum absolute atomic E-state index is 0.00486. The van der Waals surface area contributed by atoms with E-state index in [9.17, 15) is 45.3 Å². The van der Waals surface area contributed by atoms with E-state index >= 15 is 0 Å². The second kappa shape index (κ2) is 17.2. The van der Waals surface area contributed by atoms with Crippen molar-refractivity contribution in [3.63, 3.8) is 0 Å². The molecule has 2 aliphatic heterocycles. The number of carboxylic acid groups (broad SMARTS) is 1. The SMILES string of the molecule is CCNc1cc(OC2OC3(CCc4c(OC)c(O)c(OCCc5ccccc5)c(O)c4C(=O)OC3O)C(O)C(O)C2O)c(OCNC(N)=NC)cc1C(=O)O. The Morgan fingerprint density at radius 1 is 1.04 bits per heavy atom. The molecule has 2 aliphatic rings. The van der Waals surface area contributed by atoms with E-state index in [4.69, 9.17) is 34.2 Å². The number of nitrogens with two attached hydrogens (primary N) is 1. The van der Waals surface area contributed by atoms with Crippen LogP contribution in [0.5, 0.6) is 34.5 Å². The number of aliphatic hydroxyl groups is 4. The number of hydrogen-bond acceptors (Lipinski definition) is 16. The van der Waals surface area contributed by atoms with Gasteiger partial charge in [-0.15, -0.1) is 0 Å². The van der Waals surface area contributed by atoms with Crippen molar-refractivity contribution in [3.05, 3.63) is 64.7 Å². The lowest BCUT2D eigenvalue weighted by Crippen LogP contribution is -2.70. The zero-order valence-corrected chi connectivity index (χ0v) is 30.1. The van der Waals surface area contributed by atoms with Crippen LogP contribution >= 0.6 is 0 Å². The number of hydrogen-bond donors (Lipinski definition) is 10. The Morgan fingerprint density at radius 2 is 1.76 bits per heavy atom. The Labute approximate surface area is 314 Å². The van der Waals surface area contributed by atoms with E-state index in [1.54, 1.807) is 6.92 Å². The smallest absolute Gasteiger partial charge is 0.344 e. The van der Waals surface area contributed by atoms with Gasteiger partial charge in [-0.05, 0) is 25.3 Å². The van der Waals surface area contributed by atoms with Crippen LogP contribution in [0, 0.1) is 0 Å². The number of methoxy groups -OCH3 is 1. The number of carbonyl (C=O) groups is 2. The number of anilines is 1. The molecule has 3 aromatic rings. The van der Waals surface area contributed by atoms with E-state index in [0.717, 1.165) is 11.6 Å². The molecule has 55 heavy (non-hydrogen) atoms. The van der Waals surface area contributed by atoms with Gasteiger partial charge in [0.1, 0.15) is 23.9 Å². The number of carboxylic acids is 1. The molecule has 2 heterocycles. The van der Waals surface area contributed by atoms with Gasteiger partial charge in [-0.2, -0.15) is 0 Å². The first-order valence-corrected chi connectivity index (χ1v) is 17.1. The highest BCUT2D eigenvalue weighted by molar-refractivity contribution is 5.97. The third kappa shape index (κ3) is 8.20. The molecule has 1 spiro atoms. The first-order chi connectivity index (χ1) is 26.3. The molecule has 19 nitrogen and oxygen atoms in total. The predicted molar refractivity (Wildman–Crippen MR) is 192 cm³/mol. The van der Waals surface area contributed by atoms with Crippen LogP contribution in [0.25, 0.3) is 0 Å². The number of guanidine groups is 1. The van der Waals surface area contributed by atoms with Gasteiger partial charge in [0.05, 0.1) is 25.0 Å². The Bertz CT molecular complexity index is 1890. The predicted octanol–water partition coefficient (Wildman–Crippen LogP) is 0.407. The summed E-state index contributed by atoms with van der Waals surface area (Å²) in [6, 6.07) is 11.6. The Morgan fingerprint density at radius 3 is 2.42 bits per heavy atom. The lowest BCUT2D eigenvalue weighted by Gasteiger charge is -2.50. The molecule has 1 fully saturated rings. The van der Waals surface area contributed by atoms with E-state index in [1.807, 2.05) is 30.3 Å². The molecule has 0 aliphatic carbocycles. The molecule has 0 radical (unpaired) electrons. The highest BCUT2D eigenvalue weighted by atomic mass is 16.7. The summed E-state index contributed by atoms with van der Waals surface area (Å²) >= 11 is 0. The number of nitrogens with zero attached hydrogens (tertiary/aromatic N) is 1. The van der Waals surface area contributed by atoms with E-state index in [-0.39, 0.29) is 66.3 Å². The number of carbonyl (C=O) groups excluding carboxylic acids is 1. The van der Waals surface area contributed by atoms with E-state index in [0.29, 0.717) is 6.42 Å². The molecule has 0 amide bonds. The van der Waals surface area contributed by atoms with Crippen LogP contribution in [0.1, 0.15) is 45.2 Å². The number of aliphatic imine (C=N–C) groups is 1. The van der Waals surface area contributed by atoms with Crippen LogP contribution in [-0.2, 0) is 22.3 Å². The van der Waals surface area contributed by atoms with E-state index in [2.05, 4.69) is 15.6 Å². The summed E-state index contributed by atoms with van der Waals surface area (Å²) in [6.07, 6.45) is -11.0. The molecule has 19 heteroatoms. The molecule has 0 aromatic heterocycles. The second-order valence-corrected chi connectivity index (χ2v) is 12.5. The number of aromatic hydroxyl groups is 2. The summed E-state index contributed by atoms with van der Waals surface area (Å²) in [6.45, 7) is 1.66. The van der Waals surface area contributed by atoms with Crippen molar-refractivity contribution in [2.45, 2.75) is 62.7 Å². The Balaban J connectivity index is 1.49. The topological polar surface area (TPSA) is 294 Å². The first-order valence-electron chi connectivity index (χ1n) is 17.1. The van der Waals surface area contributed by atoms with Gasteiger partial charge in [0.15, 0.2) is 41.3 Å². The Hall–Kier alpha value is -5.73. The number of fused-ring (bicyclic) bond motifs is 1. The standard InChI is InChI=1S/C36H44N4O15/c1-4-39-20-15-22(21(14-19(20)31(46)47)52-16-40-35(37)38-2)53-33-26(43)25(42)30(45)36(55-33)12-10-18-23(32(48)54-34(36)49)24(41)29(27(44)28(18)50-3)51-13-11-17-8-6-5-7-9-17/h5-9,14-15,25-26,30,33-34,39,41-45,49H,4,10-13,16H2,1-3H3,(H,46,47)(H3,37,38,40). The third-order valence-corrected chi connectivity index (χ3v) is 9.18. The molecule has 1 saturated heterocycles. The van der Waals surface area contributed by atoms with E-state index in [1.165, 1.54) is 20.2 Å². The monoisotopic (exact) mass is 772 g/mol. The van der Waals surface area contributed by atoms with Gasteiger partial charge in [-0.1, -0.05) is 30.3 Å². The summed E-state index contributed by atoms with van der Waals surface area (Å²) in [7, 11) is 2.61. The van der Waals surface area contributed by atoms with Crippen molar-refractivity contribution in [1.82, 2.24) is 5.32 Å². The van der Waals surface area contributed by atoms with Crippen LogP contribution in [0.15, 0.2) is 47.5 Å². The van der Waals surface area contributed by atoms with Crippen molar-refractivity contribution < 1.29 is 73.8 Å². The average Bonchev–Trinajstić information content (AvgIpc) is 3.16. The van der Waals surface area contributed by atoms with Gasteiger partial charge in [0, 0.05) is 37.7 Å². The Kier molecular flexibility index (Phi) is 12.6. The maximum Gasteiger partial charge on any atom is 0.344 e. The van der Waals surface area contributed by atoms with Crippen LogP contribution < -0.4 is 35.3 Å². The molecule has 0 saturated carbocycles. The van der Waals surface area contributed by atoms with Gasteiger partial charge >= 0.3 is 11.9 Å². The molecule has 6 unspecified atom stereocenters. The number of phenolic OH excluding ortho intramolecular Hbond substituents is 2. The number of cyclic esters (lactones) is 1. The van der Waals surface area contributed by atoms with Crippen LogP contribution in [0.2, 0.25) is 0 Å². The third-order valence-electron chi connectivity index (χ3n) is 9.18. The minimum Gasteiger partial charge on any atom is -0.504 e. The summed E-state index contributed by atoms with van der Waals surface area (Å²) in [5.41, 5.74) is 3.39. The van der Waals surface area contributed by atoms with Crippen molar-refractivity contribution in [2.75, 3.05) is 39.4 Å². The number of benzene rings is 3. The quantitative estimate of drug-likeness (QED) is 0.0487. The number of aromatic carboxylic acids is 1. The molecule has 5 rings (SSSR count). The number of esters is 1. The van der Waals surface area contributed by atoms with Gasteiger partial charge in [0.25, 0.3) is 0 Å². The maximum absolute atomic E-state index is 13.7. The van der Waals surface area contributed by atoms with Crippen molar-refractivity contribution >= 4 is 23.6 Å². The summed E-state index contributed by atoms with van der Waals surface area (Å²) < 4.78 is 34.1. The summed E-state index contributed by atoms with van der Waals surface area (Å²) in [5.74, 6) is -5.29. The van der Waals surface area contributed by atoms with Gasteiger partial charge in [-0.3, -0.25) is 4.99 Å². The van der Waals surface area contributed by atoms with Gasteiger partial charge < -0.3 is 80.5 Å². The van der Waals surface area contributed by atoms with Crippen molar-refractivity contribution in [1.29, 1.82) is 0 Å². The largest absolute Gasteiger partial charge is 0.504 e. The molecular formula is C36H44N4O15. The van der Waals surface area contributed by atoms with Crippen molar-refractivity contribution in [3.8, 4) is 34.5 Å². The molecule has 6 atom stereocenters. The first kappa shape index (κ1) is 40.5. The number of ether oxygens (including phenoxy) is 6. The molecular weight excluding hydrogens is 728 g/mol. The number of rotatable bonds is 13. The van der Waals surface area contributed by atoms with Crippen LogP contribution in [-0.4, -0.2) is 124 Å². The van der Waals surface area contributed by atoms with Crippen molar-refractivity contribution in [2.24, 2.45) is 10.7 Å². The van der Waals surface area contributed by atoms with E-state index < -0.39 is 77.7 Å². The number of aliphatic hydroxyl groups excluding tert-OH is 4. The van der Waals surface area contributed by atoms with Crippen LogP contribution in [0.4, 0.5) is 5.69 Å². The lowest BCUT2D eigenvalue weighted by atomic mass is 9.80. The molecule has 0 bridgehead atoms. The average molecular weight is 773 g/mol. The second-order valence-electron chi connectivity index (χ2n) is 12.5. The van der Waals surface area contributed by atoms with Gasteiger partial charge in [0.2, 0.25) is 24.1 Å². The number of nitrogens with one attached hydrogen (secondary N) is 2. The fourth-order valence-corrected chi connectivity index (χ4v) is 6.33. The fourth-order valence-electron chi connectivity index (χ4n) is 6.33. The number of phenols is 2. The zero-order chi connectivity index (χ0) is 40.0. The van der Waals surface area contributed by atoms with Gasteiger partial charge in [-0.25, -0.2) is 9.59 Å². The normalized spacial score (nSPS) is 23.8. The maximum atomic E-state index is 13.7. The van der Waals surface area contributed by atoms with Crippen LogP contribution in [0.3, 0.4) is 0 Å².